The maximum absolute atomic E-state index is 12.0. The van der Waals surface area contributed by atoms with Gasteiger partial charge in [0.2, 0.25) is 6.29 Å². The quantitative estimate of drug-likeness (QED) is 0.151. The van der Waals surface area contributed by atoms with E-state index < -0.39 is 29.7 Å². The van der Waals surface area contributed by atoms with Crippen LogP contribution in [0.2, 0.25) is 0 Å². The number of amides is 1. The average Bonchev–Trinajstić information content (AvgIpc) is 2.63. The molecular weight excluding hydrogens is 388 g/mol. The Kier molecular flexibility index (Phi) is 11.5. The Bertz CT molecular complexity index is 521. The zero-order chi connectivity index (χ0) is 21.7. The van der Waals surface area contributed by atoms with Crippen molar-refractivity contribution in [3.05, 3.63) is 0 Å². The van der Waals surface area contributed by atoms with Crippen molar-refractivity contribution in [2.24, 2.45) is 5.41 Å². The Morgan fingerprint density at radius 3 is 2.38 bits per heavy atom. The van der Waals surface area contributed by atoms with E-state index in [1.54, 1.807) is 0 Å². The lowest BCUT2D eigenvalue weighted by molar-refractivity contribution is -0.492. The Hall–Kier alpha value is -1.95. The Labute approximate surface area is 169 Å². The summed E-state index contributed by atoms with van der Waals surface area (Å²) < 4.78 is 10.0. The second-order valence-corrected chi connectivity index (χ2v) is 7.34. The van der Waals surface area contributed by atoms with Crippen LogP contribution < -0.4 is 5.32 Å². The maximum Gasteiger partial charge on any atom is 0.410 e. The highest BCUT2D eigenvalue weighted by molar-refractivity contribution is 5.71. The maximum atomic E-state index is 12.0. The summed E-state index contributed by atoms with van der Waals surface area (Å²) in [6, 6.07) is 0. The third-order valence-electron chi connectivity index (χ3n) is 4.85. The van der Waals surface area contributed by atoms with Crippen molar-refractivity contribution in [1.29, 1.82) is 0 Å². The summed E-state index contributed by atoms with van der Waals surface area (Å²) in [7, 11) is 0. The summed E-state index contributed by atoms with van der Waals surface area (Å²) in [5, 5.41) is 28.1. The number of aliphatic carboxylic acids is 1. The molecule has 29 heavy (non-hydrogen) atoms. The second kappa shape index (κ2) is 13.3. The van der Waals surface area contributed by atoms with Crippen molar-refractivity contribution in [2.45, 2.75) is 77.4 Å². The number of esters is 1. The number of nitrogens with zero attached hydrogens (tertiary/aromatic N) is 1. The largest absolute Gasteiger partial charge is 0.481 e. The van der Waals surface area contributed by atoms with Crippen molar-refractivity contribution >= 4 is 18.0 Å². The van der Waals surface area contributed by atoms with E-state index in [0.717, 1.165) is 32.1 Å². The summed E-state index contributed by atoms with van der Waals surface area (Å²) in [6.07, 6.45) is 4.36. The normalized spacial score (nSPS) is 16.8. The smallest absolute Gasteiger partial charge is 0.410 e. The lowest BCUT2D eigenvalue weighted by atomic mass is 9.72. The van der Waals surface area contributed by atoms with Gasteiger partial charge < -0.3 is 19.9 Å². The van der Waals surface area contributed by atoms with E-state index in [1.165, 1.54) is 6.92 Å². The number of rotatable bonds is 13. The molecule has 1 amide bonds. The summed E-state index contributed by atoms with van der Waals surface area (Å²) >= 11 is 0. The first-order valence-electron chi connectivity index (χ1n) is 9.89. The molecular formula is C18H32N2O9. The zero-order valence-electron chi connectivity index (χ0n) is 16.8. The highest BCUT2D eigenvalue weighted by Gasteiger charge is 2.35. The van der Waals surface area contributed by atoms with Gasteiger partial charge >= 0.3 is 18.0 Å². The van der Waals surface area contributed by atoms with Crippen LogP contribution in [-0.2, 0) is 23.9 Å². The van der Waals surface area contributed by atoms with Gasteiger partial charge in [0.15, 0.2) is 0 Å². The number of carboxylic acids is 1. The second-order valence-electron chi connectivity index (χ2n) is 7.34. The number of carbonyl (C=O) groups excluding carboxylic acids is 2. The van der Waals surface area contributed by atoms with E-state index >= 15 is 0 Å². The first-order valence-corrected chi connectivity index (χ1v) is 9.89. The van der Waals surface area contributed by atoms with E-state index in [2.05, 4.69) is 10.2 Å². The summed E-state index contributed by atoms with van der Waals surface area (Å²) in [4.78, 5) is 39.2. The molecule has 11 nitrogen and oxygen atoms in total. The van der Waals surface area contributed by atoms with E-state index in [-0.39, 0.29) is 31.4 Å². The van der Waals surface area contributed by atoms with Gasteiger partial charge in [0.1, 0.15) is 0 Å². The molecule has 1 fully saturated rings. The molecule has 0 bridgehead atoms. The van der Waals surface area contributed by atoms with Crippen molar-refractivity contribution in [2.75, 3.05) is 13.2 Å². The first-order chi connectivity index (χ1) is 13.7. The van der Waals surface area contributed by atoms with Crippen LogP contribution >= 0.6 is 0 Å². The third kappa shape index (κ3) is 11.6. The number of carbonyl (C=O) groups is 3. The van der Waals surface area contributed by atoms with Gasteiger partial charge in [-0.05, 0) is 31.1 Å². The lowest BCUT2D eigenvalue weighted by Gasteiger charge is -2.36. The van der Waals surface area contributed by atoms with Crippen molar-refractivity contribution < 1.29 is 44.2 Å². The van der Waals surface area contributed by atoms with Gasteiger partial charge in [-0.15, -0.1) is 0 Å². The fraction of sp³-hybridized carbons (Fsp3) is 0.833. The fourth-order valence-corrected chi connectivity index (χ4v) is 3.45. The van der Waals surface area contributed by atoms with E-state index in [4.69, 9.17) is 25.0 Å². The molecule has 0 heterocycles. The molecule has 4 N–H and O–H groups in total. The minimum absolute atomic E-state index is 0.00248. The number of alkyl carbamates (subject to hydrolysis) is 1. The zero-order valence-corrected chi connectivity index (χ0v) is 16.8. The topological polar surface area (TPSA) is 155 Å². The SMILES string of the molecule is CC(OC(=O)CCCCCON(O)O)OC(=O)NCC1(CC(=O)O)CCCCC1. The number of ether oxygens (including phenoxy) is 2. The fourth-order valence-electron chi connectivity index (χ4n) is 3.45. The summed E-state index contributed by atoms with van der Waals surface area (Å²) in [6.45, 7) is 1.74. The van der Waals surface area contributed by atoms with E-state index in [1.807, 2.05) is 0 Å². The molecule has 0 spiro atoms. The molecule has 0 aromatic carbocycles. The Morgan fingerprint density at radius 1 is 1.07 bits per heavy atom. The van der Waals surface area contributed by atoms with Crippen LogP contribution in [0.5, 0.6) is 0 Å². The van der Waals surface area contributed by atoms with Gasteiger partial charge in [0.25, 0.3) is 0 Å². The molecule has 168 valence electrons. The predicted octanol–water partition coefficient (Wildman–Crippen LogP) is 2.60. The van der Waals surface area contributed by atoms with Gasteiger partial charge in [-0.3, -0.25) is 24.8 Å². The number of hydrogen-bond donors (Lipinski definition) is 4. The lowest BCUT2D eigenvalue weighted by Crippen LogP contribution is -2.41. The van der Waals surface area contributed by atoms with Crippen molar-refractivity contribution in [3.8, 4) is 0 Å². The van der Waals surface area contributed by atoms with Crippen LogP contribution in [0, 0.1) is 5.41 Å². The molecule has 11 heteroatoms. The highest BCUT2D eigenvalue weighted by atomic mass is 17.1. The van der Waals surface area contributed by atoms with Crippen LogP contribution in [0.3, 0.4) is 0 Å². The van der Waals surface area contributed by atoms with Gasteiger partial charge in [-0.2, -0.15) is 0 Å². The molecule has 1 atom stereocenters. The van der Waals surface area contributed by atoms with Gasteiger partial charge in [0.05, 0.1) is 18.4 Å². The van der Waals surface area contributed by atoms with E-state index in [0.29, 0.717) is 19.3 Å². The molecule has 0 aromatic rings. The molecule has 0 aromatic heterocycles. The van der Waals surface area contributed by atoms with Crippen LogP contribution in [-0.4, -0.2) is 58.4 Å². The molecule has 1 rings (SSSR count). The Balaban J connectivity index is 2.23. The van der Waals surface area contributed by atoms with Gasteiger partial charge in [-0.25, -0.2) is 4.79 Å². The minimum atomic E-state index is -1.06. The minimum Gasteiger partial charge on any atom is -0.481 e. The third-order valence-corrected chi connectivity index (χ3v) is 4.85. The standard InChI is InChI=1S/C18H32N2O9/c1-14(28-16(23)8-4-2-7-11-27-20(25)26)29-17(24)19-13-18(12-15(21)22)9-5-3-6-10-18/h14,25-26H,2-13H2,1H3,(H,19,24)(H,21,22). The predicted molar refractivity (Wildman–Crippen MR) is 97.6 cm³/mol. The molecule has 1 unspecified atom stereocenters. The molecule has 1 aliphatic rings. The van der Waals surface area contributed by atoms with E-state index in [9.17, 15) is 14.4 Å². The van der Waals surface area contributed by atoms with Gasteiger partial charge in [0, 0.05) is 19.9 Å². The van der Waals surface area contributed by atoms with Crippen LogP contribution in [0.1, 0.15) is 71.1 Å². The van der Waals surface area contributed by atoms with Crippen LogP contribution in [0.25, 0.3) is 0 Å². The average molecular weight is 420 g/mol. The molecule has 0 saturated heterocycles. The summed E-state index contributed by atoms with van der Waals surface area (Å²) in [5.74, 6) is -1.41. The molecule has 0 aliphatic heterocycles. The Morgan fingerprint density at radius 2 is 1.76 bits per heavy atom. The van der Waals surface area contributed by atoms with Crippen molar-refractivity contribution in [1.82, 2.24) is 10.7 Å². The number of nitrogens with one attached hydrogen (secondary N) is 1. The summed E-state index contributed by atoms with van der Waals surface area (Å²) in [5.41, 5.74) is -0.462. The number of unbranched alkanes of at least 4 members (excludes halogenated alkanes) is 2. The van der Waals surface area contributed by atoms with Gasteiger partial charge in [-0.1, -0.05) is 25.7 Å². The monoisotopic (exact) mass is 420 g/mol. The number of hydrogen-bond acceptors (Lipinski definition) is 9. The van der Waals surface area contributed by atoms with Crippen molar-refractivity contribution in [3.63, 3.8) is 0 Å². The number of carboxylic acid groups (broad SMARTS) is 1. The first kappa shape index (κ1) is 25.1. The molecule has 1 aliphatic carbocycles. The highest BCUT2D eigenvalue weighted by Crippen LogP contribution is 2.38. The van der Waals surface area contributed by atoms with Crippen LogP contribution in [0.4, 0.5) is 4.79 Å². The van der Waals surface area contributed by atoms with Crippen LogP contribution in [0.15, 0.2) is 0 Å². The molecule has 0 radical (unpaired) electrons. The molecule has 1 saturated carbocycles.